The van der Waals surface area contributed by atoms with Crippen LogP contribution in [0.3, 0.4) is 0 Å². The van der Waals surface area contributed by atoms with E-state index in [4.69, 9.17) is 13.9 Å². The van der Waals surface area contributed by atoms with E-state index in [0.717, 1.165) is 10.8 Å². The normalized spacial score (nSPS) is 25.1. The highest BCUT2D eigenvalue weighted by Gasteiger charge is 2.40. The number of hydrogen-bond donors (Lipinski definition) is 0. The Morgan fingerprint density at radius 1 is 1.25 bits per heavy atom. The average molecular weight is 412 g/mol. The van der Waals surface area contributed by atoms with Crippen LogP contribution in [-0.4, -0.2) is 37.8 Å². The van der Waals surface area contributed by atoms with E-state index < -0.39 is 8.32 Å². The molecule has 0 saturated carbocycles. The topological polar surface area (TPSA) is 27.7 Å². The molecule has 1 unspecified atom stereocenters. The molecule has 0 bridgehead atoms. The predicted octanol–water partition coefficient (Wildman–Crippen LogP) is 4.52. The maximum Gasteiger partial charge on any atom is 0.192 e. The van der Waals surface area contributed by atoms with Crippen molar-refractivity contribution in [2.45, 2.75) is 70.7 Å². The minimum Gasteiger partial charge on any atom is -0.410 e. The van der Waals surface area contributed by atoms with Crippen molar-refractivity contribution < 1.29 is 13.9 Å². The predicted molar refractivity (Wildman–Crippen MR) is 95.0 cm³/mol. The largest absolute Gasteiger partial charge is 0.410 e. The van der Waals surface area contributed by atoms with Gasteiger partial charge in [-0.05, 0) is 25.1 Å². The summed E-state index contributed by atoms with van der Waals surface area (Å²) in [6, 6.07) is 0. The van der Waals surface area contributed by atoms with Crippen molar-refractivity contribution in [1.29, 1.82) is 0 Å². The molecule has 20 heavy (non-hydrogen) atoms. The molecule has 0 saturated heterocycles. The van der Waals surface area contributed by atoms with E-state index in [9.17, 15) is 0 Å². The molecule has 3 atom stereocenters. The van der Waals surface area contributed by atoms with E-state index in [0.29, 0.717) is 6.61 Å². The summed E-state index contributed by atoms with van der Waals surface area (Å²) >= 11 is 2.30. The van der Waals surface area contributed by atoms with Crippen LogP contribution in [0.2, 0.25) is 18.1 Å². The minimum atomic E-state index is -1.70. The monoisotopic (exact) mass is 412 g/mol. The Morgan fingerprint density at radius 2 is 1.85 bits per heavy atom. The van der Waals surface area contributed by atoms with Gasteiger partial charge in [0, 0.05) is 13.0 Å². The lowest BCUT2D eigenvalue weighted by atomic mass is 10.2. The third-order valence-electron chi connectivity index (χ3n) is 4.06. The van der Waals surface area contributed by atoms with Crippen LogP contribution in [0.1, 0.15) is 34.1 Å². The molecule has 0 spiro atoms. The quantitative estimate of drug-likeness (QED) is 0.202. The van der Waals surface area contributed by atoms with Gasteiger partial charge >= 0.3 is 0 Å². The van der Waals surface area contributed by atoms with Gasteiger partial charge in [0.15, 0.2) is 14.6 Å². The van der Waals surface area contributed by atoms with Gasteiger partial charge in [-0.3, -0.25) is 0 Å². The molecule has 5 heteroatoms. The van der Waals surface area contributed by atoms with Crippen molar-refractivity contribution in [3.8, 4) is 0 Å². The maximum atomic E-state index is 6.40. The molecular weight excluding hydrogens is 383 g/mol. The molecular formula is C15H29IO3Si. The molecule has 0 amide bonds. The molecule has 0 aliphatic heterocycles. The highest BCUT2D eigenvalue weighted by Crippen LogP contribution is 2.38. The van der Waals surface area contributed by atoms with Crippen molar-refractivity contribution in [2.24, 2.45) is 0 Å². The van der Waals surface area contributed by atoms with Gasteiger partial charge in [-0.2, -0.15) is 0 Å². The summed E-state index contributed by atoms with van der Waals surface area (Å²) in [5.41, 5.74) is 0. The Labute approximate surface area is 138 Å². The van der Waals surface area contributed by atoms with Crippen LogP contribution in [0.4, 0.5) is 0 Å². The Hall–Kier alpha value is 0.567. The van der Waals surface area contributed by atoms with Crippen LogP contribution in [0.5, 0.6) is 0 Å². The zero-order valence-electron chi connectivity index (χ0n) is 13.6. The summed E-state index contributed by atoms with van der Waals surface area (Å²) < 4.78 is 18.7. The summed E-state index contributed by atoms with van der Waals surface area (Å²) in [5.74, 6) is 0. The lowest BCUT2D eigenvalue weighted by Crippen LogP contribution is -2.43. The zero-order chi connectivity index (χ0) is 15.4. The van der Waals surface area contributed by atoms with Crippen LogP contribution in [-0.2, 0) is 13.9 Å². The fraction of sp³-hybridized carbons (Fsp3) is 0.867. The first kappa shape index (κ1) is 18.6. The van der Waals surface area contributed by atoms with E-state index in [1.807, 2.05) is 6.92 Å². The molecule has 0 aromatic heterocycles. The van der Waals surface area contributed by atoms with Gasteiger partial charge in [-0.1, -0.05) is 55.5 Å². The first-order chi connectivity index (χ1) is 9.19. The van der Waals surface area contributed by atoms with Crippen LogP contribution in [0.15, 0.2) is 12.2 Å². The molecule has 118 valence electrons. The highest BCUT2D eigenvalue weighted by atomic mass is 127. The number of halogens is 1. The van der Waals surface area contributed by atoms with Crippen molar-refractivity contribution in [2.75, 3.05) is 11.0 Å². The molecule has 1 aliphatic rings. The number of hydrogen-bond acceptors (Lipinski definition) is 3. The number of ether oxygens (including phenoxy) is 2. The second kappa shape index (κ2) is 7.72. The second-order valence-electron chi connectivity index (χ2n) is 6.75. The fourth-order valence-electron chi connectivity index (χ4n) is 1.88. The SMILES string of the molecule is CCOC(CI)O[C@@H]1C=C[C@H](O[Si](C)(C)C(C)(C)C)C1. The fourth-order valence-corrected chi connectivity index (χ4v) is 3.63. The Bertz CT molecular complexity index is 326. The van der Waals surface area contributed by atoms with Gasteiger partial charge in [-0.15, -0.1) is 0 Å². The van der Waals surface area contributed by atoms with Crippen molar-refractivity contribution in [3.63, 3.8) is 0 Å². The average Bonchev–Trinajstić information content (AvgIpc) is 2.73. The van der Waals surface area contributed by atoms with Gasteiger partial charge in [0.05, 0.1) is 16.6 Å². The van der Waals surface area contributed by atoms with Gasteiger partial charge in [0.1, 0.15) is 0 Å². The summed E-state index contributed by atoms with van der Waals surface area (Å²) in [4.78, 5) is 0. The smallest absolute Gasteiger partial charge is 0.192 e. The molecule has 0 aromatic carbocycles. The third-order valence-corrected chi connectivity index (χ3v) is 9.29. The van der Waals surface area contributed by atoms with Crippen LogP contribution in [0, 0.1) is 0 Å². The first-order valence-corrected chi connectivity index (χ1v) is 11.8. The summed E-state index contributed by atoms with van der Waals surface area (Å²) in [6.07, 6.45) is 5.39. The Kier molecular flexibility index (Phi) is 7.18. The van der Waals surface area contributed by atoms with Crippen molar-refractivity contribution >= 4 is 30.9 Å². The summed E-state index contributed by atoms with van der Waals surface area (Å²) in [7, 11) is -1.70. The standard InChI is InChI=1S/C15H29IO3Si/c1-7-17-14(11-16)18-12-8-9-13(10-12)19-20(5,6)15(2,3)4/h8-9,12-14H,7,10-11H2,1-6H3/t12-,13+,14?/m1/s1. The van der Waals surface area contributed by atoms with Crippen LogP contribution >= 0.6 is 22.6 Å². The Balaban J connectivity index is 2.47. The molecule has 0 radical (unpaired) electrons. The van der Waals surface area contributed by atoms with Gasteiger partial charge in [0.25, 0.3) is 0 Å². The van der Waals surface area contributed by atoms with Crippen molar-refractivity contribution in [1.82, 2.24) is 0 Å². The lowest BCUT2D eigenvalue weighted by Gasteiger charge is -2.38. The van der Waals surface area contributed by atoms with E-state index in [1.54, 1.807) is 0 Å². The minimum absolute atomic E-state index is 0.109. The maximum absolute atomic E-state index is 6.40. The molecule has 3 nitrogen and oxygen atoms in total. The van der Waals surface area contributed by atoms with Crippen molar-refractivity contribution in [3.05, 3.63) is 12.2 Å². The summed E-state index contributed by atoms with van der Waals surface area (Å²) in [5, 5.41) is 0.246. The molecule has 0 N–H and O–H groups in total. The van der Waals surface area contributed by atoms with E-state index in [1.165, 1.54) is 0 Å². The van der Waals surface area contributed by atoms with E-state index >= 15 is 0 Å². The van der Waals surface area contributed by atoms with E-state index in [2.05, 4.69) is 68.6 Å². The number of alkyl halides is 1. The van der Waals surface area contributed by atoms with Gasteiger partial charge < -0.3 is 13.9 Å². The zero-order valence-corrected chi connectivity index (χ0v) is 16.8. The number of rotatable bonds is 7. The first-order valence-electron chi connectivity index (χ1n) is 7.38. The molecule has 0 heterocycles. The molecule has 1 rings (SSSR count). The summed E-state index contributed by atoms with van der Waals surface area (Å²) in [6.45, 7) is 14.1. The third kappa shape index (κ3) is 5.40. The lowest BCUT2D eigenvalue weighted by molar-refractivity contribution is -0.142. The molecule has 1 aliphatic carbocycles. The van der Waals surface area contributed by atoms with E-state index in [-0.39, 0.29) is 23.5 Å². The van der Waals surface area contributed by atoms with Crippen LogP contribution in [0.25, 0.3) is 0 Å². The highest BCUT2D eigenvalue weighted by molar-refractivity contribution is 14.1. The Morgan fingerprint density at radius 3 is 2.35 bits per heavy atom. The van der Waals surface area contributed by atoms with Gasteiger partial charge in [0.2, 0.25) is 0 Å². The van der Waals surface area contributed by atoms with Crippen LogP contribution < -0.4 is 0 Å². The molecule has 0 aromatic rings. The molecule has 0 fully saturated rings. The second-order valence-corrected chi connectivity index (χ2v) is 12.4. The van der Waals surface area contributed by atoms with Gasteiger partial charge in [-0.25, -0.2) is 0 Å².